The van der Waals surface area contributed by atoms with Crippen LogP contribution in [0.2, 0.25) is 5.02 Å². The standard InChI is InChI=1S/C16H18ClN3/c1-2-12-6-8-15(9-7-12)20-16(18)19-11-13-4-3-5-14(17)10-13/h3-10H,2,11H2,1H3,(H3,18,19,20). The number of anilines is 1. The van der Waals surface area contributed by atoms with E-state index in [-0.39, 0.29) is 0 Å². The van der Waals surface area contributed by atoms with Crippen molar-refractivity contribution < 1.29 is 0 Å². The zero-order chi connectivity index (χ0) is 14.4. The third-order valence-electron chi connectivity index (χ3n) is 2.96. The number of nitrogens with one attached hydrogen (secondary N) is 1. The monoisotopic (exact) mass is 287 g/mol. The molecule has 0 saturated heterocycles. The van der Waals surface area contributed by atoms with E-state index < -0.39 is 0 Å². The second-order valence-corrected chi connectivity index (χ2v) is 4.94. The van der Waals surface area contributed by atoms with E-state index in [9.17, 15) is 0 Å². The van der Waals surface area contributed by atoms with Gasteiger partial charge in [-0.15, -0.1) is 0 Å². The zero-order valence-electron chi connectivity index (χ0n) is 11.4. The Hall–Kier alpha value is -2.00. The van der Waals surface area contributed by atoms with Crippen molar-refractivity contribution in [3.8, 4) is 0 Å². The number of guanidine groups is 1. The fourth-order valence-corrected chi connectivity index (χ4v) is 2.04. The average Bonchev–Trinajstić information content (AvgIpc) is 2.46. The maximum Gasteiger partial charge on any atom is 0.193 e. The van der Waals surface area contributed by atoms with Gasteiger partial charge in [-0.3, -0.25) is 0 Å². The van der Waals surface area contributed by atoms with Crippen molar-refractivity contribution in [3.63, 3.8) is 0 Å². The number of rotatable bonds is 4. The molecule has 0 aromatic heterocycles. The average molecular weight is 288 g/mol. The van der Waals surface area contributed by atoms with E-state index in [1.807, 2.05) is 36.4 Å². The first-order valence-electron chi connectivity index (χ1n) is 6.57. The summed E-state index contributed by atoms with van der Waals surface area (Å²) < 4.78 is 0. The number of benzene rings is 2. The topological polar surface area (TPSA) is 50.4 Å². The minimum Gasteiger partial charge on any atom is -0.370 e. The van der Waals surface area contributed by atoms with Crippen molar-refractivity contribution in [1.82, 2.24) is 0 Å². The van der Waals surface area contributed by atoms with Crippen molar-refractivity contribution in [3.05, 3.63) is 64.7 Å². The highest BCUT2D eigenvalue weighted by molar-refractivity contribution is 6.30. The fraction of sp³-hybridized carbons (Fsp3) is 0.188. The van der Waals surface area contributed by atoms with Crippen LogP contribution >= 0.6 is 11.6 Å². The van der Waals surface area contributed by atoms with Gasteiger partial charge >= 0.3 is 0 Å². The lowest BCUT2D eigenvalue weighted by atomic mass is 10.1. The molecular weight excluding hydrogens is 270 g/mol. The summed E-state index contributed by atoms with van der Waals surface area (Å²) in [6, 6.07) is 15.7. The fourth-order valence-electron chi connectivity index (χ4n) is 1.82. The van der Waals surface area contributed by atoms with Gasteiger partial charge in [-0.25, -0.2) is 4.99 Å². The number of nitrogens with two attached hydrogens (primary N) is 1. The summed E-state index contributed by atoms with van der Waals surface area (Å²) in [5.74, 6) is 0.397. The third kappa shape index (κ3) is 4.28. The summed E-state index contributed by atoms with van der Waals surface area (Å²) in [5.41, 5.74) is 9.13. The minimum atomic E-state index is 0.397. The van der Waals surface area contributed by atoms with Crippen molar-refractivity contribution in [2.24, 2.45) is 10.7 Å². The Morgan fingerprint density at radius 1 is 1.15 bits per heavy atom. The number of halogens is 1. The molecule has 0 heterocycles. The van der Waals surface area contributed by atoms with Crippen LogP contribution in [-0.2, 0) is 13.0 Å². The molecule has 3 N–H and O–H groups in total. The summed E-state index contributed by atoms with van der Waals surface area (Å²) in [6.07, 6.45) is 1.03. The first-order chi connectivity index (χ1) is 9.67. The highest BCUT2D eigenvalue weighted by Crippen LogP contribution is 2.12. The van der Waals surface area contributed by atoms with E-state index >= 15 is 0 Å². The first kappa shape index (κ1) is 14.4. The van der Waals surface area contributed by atoms with Crippen LogP contribution < -0.4 is 11.1 Å². The molecule has 0 fully saturated rings. The predicted molar refractivity (Wildman–Crippen MR) is 86.2 cm³/mol. The quantitative estimate of drug-likeness (QED) is 0.663. The highest BCUT2D eigenvalue weighted by Gasteiger charge is 1.97. The number of nitrogens with zero attached hydrogens (tertiary/aromatic N) is 1. The van der Waals surface area contributed by atoms with Gasteiger partial charge in [0.15, 0.2) is 5.96 Å². The van der Waals surface area contributed by atoms with Gasteiger partial charge in [-0.1, -0.05) is 42.8 Å². The molecule has 0 bridgehead atoms. The number of hydrogen-bond acceptors (Lipinski definition) is 1. The zero-order valence-corrected chi connectivity index (χ0v) is 12.2. The Labute approximate surface area is 124 Å². The van der Waals surface area contributed by atoms with Gasteiger partial charge in [0, 0.05) is 10.7 Å². The summed E-state index contributed by atoms with van der Waals surface area (Å²) >= 11 is 5.92. The Morgan fingerprint density at radius 2 is 1.90 bits per heavy atom. The van der Waals surface area contributed by atoms with Crippen molar-refractivity contribution in [2.45, 2.75) is 19.9 Å². The third-order valence-corrected chi connectivity index (χ3v) is 3.19. The summed E-state index contributed by atoms with van der Waals surface area (Å²) in [5, 5.41) is 3.78. The molecule has 2 aromatic rings. The SMILES string of the molecule is CCc1ccc(NC(N)=NCc2cccc(Cl)c2)cc1. The van der Waals surface area contributed by atoms with E-state index in [0.717, 1.165) is 17.7 Å². The molecule has 3 nitrogen and oxygen atoms in total. The molecule has 0 atom stereocenters. The molecule has 4 heteroatoms. The van der Waals surface area contributed by atoms with Crippen LogP contribution in [0.4, 0.5) is 5.69 Å². The van der Waals surface area contributed by atoms with Crippen LogP contribution in [0.1, 0.15) is 18.1 Å². The molecule has 104 valence electrons. The molecule has 0 spiro atoms. The lowest BCUT2D eigenvalue weighted by Gasteiger charge is -2.06. The molecule has 20 heavy (non-hydrogen) atoms. The van der Waals surface area contributed by atoms with Crippen LogP contribution in [-0.4, -0.2) is 5.96 Å². The Balaban J connectivity index is 1.96. The van der Waals surface area contributed by atoms with Gasteiger partial charge in [0.2, 0.25) is 0 Å². The van der Waals surface area contributed by atoms with Crippen molar-refractivity contribution >= 4 is 23.2 Å². The normalized spacial score (nSPS) is 11.4. The van der Waals surface area contributed by atoms with E-state index in [1.165, 1.54) is 5.56 Å². The Kier molecular flexibility index (Phi) is 5.02. The van der Waals surface area contributed by atoms with Crippen molar-refractivity contribution in [2.75, 3.05) is 5.32 Å². The Bertz CT molecular complexity index is 591. The lowest BCUT2D eigenvalue weighted by molar-refractivity contribution is 1.06. The molecule has 2 aromatic carbocycles. The van der Waals surface area contributed by atoms with Crippen molar-refractivity contribution in [1.29, 1.82) is 0 Å². The molecule has 0 amide bonds. The molecule has 0 aliphatic carbocycles. The summed E-state index contributed by atoms with van der Waals surface area (Å²) in [7, 11) is 0. The predicted octanol–water partition coefficient (Wildman–Crippen LogP) is 3.83. The molecule has 0 radical (unpaired) electrons. The second kappa shape index (κ2) is 6.96. The van der Waals surface area contributed by atoms with E-state index in [4.69, 9.17) is 17.3 Å². The number of hydrogen-bond donors (Lipinski definition) is 2. The molecular formula is C16H18ClN3. The number of aliphatic imine (C=N–C) groups is 1. The van der Waals surface area contributed by atoms with Crippen LogP contribution in [0.3, 0.4) is 0 Å². The van der Waals surface area contributed by atoms with Gasteiger partial charge in [-0.2, -0.15) is 0 Å². The number of aryl methyl sites for hydroxylation is 1. The lowest BCUT2D eigenvalue weighted by Crippen LogP contribution is -2.22. The maximum atomic E-state index is 5.92. The largest absolute Gasteiger partial charge is 0.370 e. The second-order valence-electron chi connectivity index (χ2n) is 4.51. The highest BCUT2D eigenvalue weighted by atomic mass is 35.5. The van der Waals surface area contributed by atoms with E-state index in [2.05, 4.69) is 29.4 Å². The minimum absolute atomic E-state index is 0.397. The van der Waals surface area contributed by atoms with Crippen LogP contribution in [0.25, 0.3) is 0 Å². The first-order valence-corrected chi connectivity index (χ1v) is 6.95. The van der Waals surface area contributed by atoms with Gasteiger partial charge in [0.05, 0.1) is 6.54 Å². The summed E-state index contributed by atoms with van der Waals surface area (Å²) in [6.45, 7) is 2.63. The van der Waals surface area contributed by atoms with Crippen LogP contribution in [0, 0.1) is 0 Å². The molecule has 0 saturated carbocycles. The molecule has 0 aliphatic rings. The molecule has 0 unspecified atom stereocenters. The van der Waals surface area contributed by atoms with Crippen LogP contribution in [0.5, 0.6) is 0 Å². The molecule has 2 rings (SSSR count). The van der Waals surface area contributed by atoms with E-state index in [0.29, 0.717) is 17.5 Å². The van der Waals surface area contributed by atoms with Crippen LogP contribution in [0.15, 0.2) is 53.5 Å². The van der Waals surface area contributed by atoms with E-state index in [1.54, 1.807) is 0 Å². The van der Waals surface area contributed by atoms with Gasteiger partial charge in [-0.05, 0) is 41.8 Å². The van der Waals surface area contributed by atoms with Gasteiger partial charge in [0.1, 0.15) is 0 Å². The van der Waals surface area contributed by atoms with Gasteiger partial charge in [0.25, 0.3) is 0 Å². The maximum absolute atomic E-state index is 5.92. The van der Waals surface area contributed by atoms with Gasteiger partial charge < -0.3 is 11.1 Å². The Morgan fingerprint density at radius 3 is 2.55 bits per heavy atom. The summed E-state index contributed by atoms with van der Waals surface area (Å²) in [4.78, 5) is 4.30. The smallest absolute Gasteiger partial charge is 0.193 e. The molecule has 0 aliphatic heterocycles.